The molecule has 0 radical (unpaired) electrons. The molecule has 1 heterocycles. The number of hydrogen-bond donors (Lipinski definition) is 1. The Labute approximate surface area is 105 Å². The number of aromatic nitrogens is 1. The van der Waals surface area contributed by atoms with E-state index < -0.39 is 0 Å². The van der Waals surface area contributed by atoms with Gasteiger partial charge in [0.25, 0.3) is 0 Å². The van der Waals surface area contributed by atoms with Crippen LogP contribution in [0.2, 0.25) is 5.02 Å². The van der Waals surface area contributed by atoms with Crippen LogP contribution in [0, 0.1) is 25.2 Å². The molecule has 3 nitrogen and oxygen atoms in total. The van der Waals surface area contributed by atoms with E-state index >= 15 is 0 Å². The maximum atomic E-state index is 8.76. The van der Waals surface area contributed by atoms with Crippen LogP contribution in [0.3, 0.4) is 0 Å². The van der Waals surface area contributed by atoms with Gasteiger partial charge in [-0.25, -0.2) is 0 Å². The van der Waals surface area contributed by atoms with Gasteiger partial charge in [-0.2, -0.15) is 5.26 Å². The predicted molar refractivity (Wildman–Crippen MR) is 69.1 cm³/mol. The van der Waals surface area contributed by atoms with Gasteiger partial charge >= 0.3 is 0 Å². The van der Waals surface area contributed by atoms with Crippen molar-refractivity contribution in [2.75, 3.05) is 5.43 Å². The largest absolute Gasteiger partial charge is 0.293 e. The fourth-order valence-electron chi connectivity index (χ4n) is 1.64. The lowest BCUT2D eigenvalue weighted by Gasteiger charge is -2.13. The number of nitrogens with zero attached hydrogens (tertiary/aromatic N) is 2. The van der Waals surface area contributed by atoms with E-state index in [2.05, 4.69) is 11.5 Å². The molecule has 0 aliphatic carbocycles. The summed E-state index contributed by atoms with van der Waals surface area (Å²) in [6, 6.07) is 11.3. The van der Waals surface area contributed by atoms with Gasteiger partial charge in [-0.15, -0.1) is 0 Å². The molecule has 1 aromatic heterocycles. The maximum Gasteiger partial charge on any atom is 0.0992 e. The molecule has 0 bridgehead atoms. The van der Waals surface area contributed by atoms with E-state index in [0.29, 0.717) is 10.6 Å². The molecule has 0 spiro atoms. The number of nitriles is 1. The molecule has 0 saturated carbocycles. The number of anilines is 1. The zero-order chi connectivity index (χ0) is 12.4. The molecule has 17 heavy (non-hydrogen) atoms. The third-order valence-electron chi connectivity index (χ3n) is 2.60. The van der Waals surface area contributed by atoms with Gasteiger partial charge in [0.1, 0.15) is 0 Å². The highest BCUT2D eigenvalue weighted by molar-refractivity contribution is 6.33. The van der Waals surface area contributed by atoms with Crippen LogP contribution >= 0.6 is 11.6 Å². The molecule has 0 aliphatic rings. The molecule has 1 aromatic carbocycles. The van der Waals surface area contributed by atoms with Crippen LogP contribution in [0.5, 0.6) is 0 Å². The Morgan fingerprint density at radius 1 is 1.18 bits per heavy atom. The van der Waals surface area contributed by atoms with Gasteiger partial charge in [-0.1, -0.05) is 11.6 Å². The second kappa shape index (κ2) is 4.52. The van der Waals surface area contributed by atoms with Crippen LogP contribution in [0.1, 0.15) is 17.0 Å². The van der Waals surface area contributed by atoms with Gasteiger partial charge in [-0.05, 0) is 44.2 Å². The summed E-state index contributed by atoms with van der Waals surface area (Å²) in [5, 5.41) is 9.30. The van der Waals surface area contributed by atoms with E-state index in [9.17, 15) is 0 Å². The van der Waals surface area contributed by atoms with E-state index in [0.717, 1.165) is 17.1 Å². The first-order valence-corrected chi connectivity index (χ1v) is 5.61. The lowest BCUT2D eigenvalue weighted by molar-refractivity contribution is 0.882. The normalized spacial score (nSPS) is 10.0. The van der Waals surface area contributed by atoms with Crippen LogP contribution in [0.4, 0.5) is 5.69 Å². The van der Waals surface area contributed by atoms with E-state index in [4.69, 9.17) is 16.9 Å². The number of rotatable bonds is 2. The van der Waals surface area contributed by atoms with Gasteiger partial charge in [0.15, 0.2) is 0 Å². The minimum Gasteiger partial charge on any atom is -0.293 e. The topological polar surface area (TPSA) is 40.8 Å². The van der Waals surface area contributed by atoms with Crippen LogP contribution in [-0.2, 0) is 0 Å². The van der Waals surface area contributed by atoms with E-state index in [1.54, 1.807) is 18.2 Å². The Morgan fingerprint density at radius 2 is 1.82 bits per heavy atom. The van der Waals surface area contributed by atoms with Crippen molar-refractivity contribution < 1.29 is 0 Å². The molecule has 0 saturated heterocycles. The maximum absolute atomic E-state index is 8.76. The summed E-state index contributed by atoms with van der Waals surface area (Å²) in [5.74, 6) is 0. The molecule has 2 rings (SSSR count). The Bertz CT molecular complexity index is 574. The van der Waals surface area contributed by atoms with Crippen molar-refractivity contribution in [3.05, 3.63) is 52.3 Å². The van der Waals surface area contributed by atoms with Gasteiger partial charge in [-0.3, -0.25) is 10.1 Å². The fourth-order valence-corrected chi connectivity index (χ4v) is 1.86. The van der Waals surface area contributed by atoms with Gasteiger partial charge < -0.3 is 0 Å². The first kappa shape index (κ1) is 11.6. The van der Waals surface area contributed by atoms with Crippen molar-refractivity contribution >= 4 is 17.3 Å². The first-order chi connectivity index (χ1) is 8.11. The van der Waals surface area contributed by atoms with Crippen molar-refractivity contribution in [1.82, 2.24) is 4.68 Å². The number of hydrogen-bond acceptors (Lipinski definition) is 2. The van der Waals surface area contributed by atoms with Gasteiger partial charge in [0, 0.05) is 11.4 Å². The summed E-state index contributed by atoms with van der Waals surface area (Å²) < 4.78 is 1.95. The minimum atomic E-state index is 0.538. The van der Waals surface area contributed by atoms with Crippen molar-refractivity contribution in [2.45, 2.75) is 13.8 Å². The third-order valence-corrected chi connectivity index (χ3v) is 2.91. The summed E-state index contributed by atoms with van der Waals surface area (Å²) in [6.45, 7) is 4.02. The fraction of sp³-hybridized carbons (Fsp3) is 0.154. The molecule has 0 aliphatic heterocycles. The Balaban J connectivity index is 2.34. The van der Waals surface area contributed by atoms with Crippen LogP contribution in [-0.4, -0.2) is 4.68 Å². The summed E-state index contributed by atoms with van der Waals surface area (Å²) in [6.07, 6.45) is 0. The molecular weight excluding hydrogens is 234 g/mol. The molecular formula is C13H12ClN3. The van der Waals surface area contributed by atoms with Crippen LogP contribution in [0.25, 0.3) is 0 Å². The van der Waals surface area contributed by atoms with Crippen molar-refractivity contribution in [2.24, 2.45) is 0 Å². The molecule has 86 valence electrons. The monoisotopic (exact) mass is 245 g/mol. The Hall–Kier alpha value is -1.92. The van der Waals surface area contributed by atoms with E-state index in [-0.39, 0.29) is 0 Å². The number of nitrogens with one attached hydrogen (secondary N) is 1. The summed E-state index contributed by atoms with van der Waals surface area (Å²) in [5.41, 5.74) is 6.76. The highest BCUT2D eigenvalue weighted by Crippen LogP contribution is 2.23. The lowest BCUT2D eigenvalue weighted by Crippen LogP contribution is -2.12. The number of halogens is 1. The molecule has 0 atom stereocenters. The number of aryl methyl sites for hydroxylation is 2. The second-order valence-electron chi connectivity index (χ2n) is 3.87. The van der Waals surface area contributed by atoms with Crippen LogP contribution < -0.4 is 5.43 Å². The van der Waals surface area contributed by atoms with E-state index in [1.165, 1.54) is 0 Å². The van der Waals surface area contributed by atoms with Crippen molar-refractivity contribution in [3.63, 3.8) is 0 Å². The highest BCUT2D eigenvalue weighted by Gasteiger charge is 2.05. The second-order valence-corrected chi connectivity index (χ2v) is 4.28. The average molecular weight is 246 g/mol. The smallest absolute Gasteiger partial charge is 0.0992 e. The molecule has 1 N–H and O–H groups in total. The van der Waals surface area contributed by atoms with Gasteiger partial charge in [0.2, 0.25) is 0 Å². The Morgan fingerprint density at radius 3 is 2.35 bits per heavy atom. The first-order valence-electron chi connectivity index (χ1n) is 5.23. The lowest BCUT2D eigenvalue weighted by atomic mass is 10.2. The predicted octanol–water partition coefficient (Wildman–Crippen LogP) is 3.51. The minimum absolute atomic E-state index is 0.538. The molecule has 4 heteroatoms. The van der Waals surface area contributed by atoms with Crippen molar-refractivity contribution in [1.29, 1.82) is 5.26 Å². The zero-order valence-electron chi connectivity index (χ0n) is 9.66. The average Bonchev–Trinajstić information content (AvgIpc) is 2.63. The molecule has 2 aromatic rings. The standard InChI is InChI=1S/C13H12ClN3/c1-9-3-4-10(2)17(9)16-13-6-5-11(8-15)7-12(13)14/h3-7,16H,1-2H3. The number of benzene rings is 1. The van der Waals surface area contributed by atoms with Crippen molar-refractivity contribution in [3.8, 4) is 6.07 Å². The third kappa shape index (κ3) is 2.27. The summed E-state index contributed by atoms with van der Waals surface area (Å²) >= 11 is 6.10. The molecule has 0 amide bonds. The molecule has 0 fully saturated rings. The highest BCUT2D eigenvalue weighted by atomic mass is 35.5. The SMILES string of the molecule is Cc1ccc(C)n1Nc1ccc(C#N)cc1Cl. The van der Waals surface area contributed by atoms with E-state index in [1.807, 2.05) is 30.7 Å². The quantitative estimate of drug-likeness (QED) is 0.880. The summed E-state index contributed by atoms with van der Waals surface area (Å²) in [4.78, 5) is 0. The zero-order valence-corrected chi connectivity index (χ0v) is 10.4. The summed E-state index contributed by atoms with van der Waals surface area (Å²) in [7, 11) is 0. The Kier molecular flexibility index (Phi) is 3.08. The van der Waals surface area contributed by atoms with Crippen LogP contribution in [0.15, 0.2) is 30.3 Å². The molecule has 0 unspecified atom stereocenters. The van der Waals surface area contributed by atoms with Gasteiger partial charge in [0.05, 0.1) is 22.3 Å².